The fourth-order valence-corrected chi connectivity index (χ4v) is 2.12. The third-order valence-corrected chi connectivity index (χ3v) is 3.32. The van der Waals surface area contributed by atoms with Gasteiger partial charge in [0.25, 0.3) is 5.91 Å². The fraction of sp³-hybridized carbons (Fsp3) is 0.235. The van der Waals surface area contributed by atoms with Crippen molar-refractivity contribution in [1.29, 1.82) is 0 Å². The first-order valence-corrected chi connectivity index (χ1v) is 6.77. The first-order valence-electron chi connectivity index (χ1n) is 6.77. The number of carbonyl (C=O) groups is 1. The molecule has 2 aromatic carbocycles. The van der Waals surface area contributed by atoms with Crippen molar-refractivity contribution in [3.63, 3.8) is 0 Å². The van der Waals surface area contributed by atoms with E-state index in [0.29, 0.717) is 23.6 Å². The second-order valence-corrected chi connectivity index (χ2v) is 4.85. The van der Waals surface area contributed by atoms with E-state index in [1.165, 1.54) is 26.4 Å². The number of methoxy groups -OCH3 is 2. The third kappa shape index (κ3) is 3.55. The predicted octanol–water partition coefficient (Wildman–Crippen LogP) is 3.12. The Morgan fingerprint density at radius 3 is 2.36 bits per heavy atom. The number of carbonyl (C=O) groups excluding carboxylic acids is 1. The van der Waals surface area contributed by atoms with Crippen molar-refractivity contribution >= 4 is 5.91 Å². The molecule has 0 aliphatic heterocycles. The summed E-state index contributed by atoms with van der Waals surface area (Å²) in [6.07, 6.45) is 0. The molecule has 0 radical (unpaired) electrons. The molecule has 0 saturated heterocycles. The normalized spacial score (nSPS) is 10.2. The summed E-state index contributed by atoms with van der Waals surface area (Å²) in [5, 5.41) is 0. The summed E-state index contributed by atoms with van der Waals surface area (Å²) < 4.78 is 23.3. The van der Waals surface area contributed by atoms with E-state index in [0.717, 1.165) is 5.56 Å². The van der Waals surface area contributed by atoms with Crippen LogP contribution in [0.3, 0.4) is 0 Å². The Balaban J connectivity index is 2.21. The highest BCUT2D eigenvalue weighted by Gasteiger charge is 2.18. The Morgan fingerprint density at radius 1 is 1.09 bits per heavy atom. The van der Waals surface area contributed by atoms with Gasteiger partial charge >= 0.3 is 0 Å². The van der Waals surface area contributed by atoms with E-state index in [4.69, 9.17) is 9.47 Å². The number of halogens is 1. The maximum absolute atomic E-state index is 12.9. The highest BCUT2D eigenvalue weighted by Crippen LogP contribution is 2.25. The van der Waals surface area contributed by atoms with E-state index < -0.39 is 0 Å². The van der Waals surface area contributed by atoms with Crippen molar-refractivity contribution < 1.29 is 18.7 Å². The van der Waals surface area contributed by atoms with E-state index in [1.807, 2.05) is 0 Å². The molecule has 116 valence electrons. The van der Waals surface area contributed by atoms with Gasteiger partial charge in [-0.25, -0.2) is 4.39 Å². The summed E-state index contributed by atoms with van der Waals surface area (Å²) in [6.45, 7) is 0.374. The predicted molar refractivity (Wildman–Crippen MR) is 81.7 cm³/mol. The van der Waals surface area contributed by atoms with Crippen molar-refractivity contribution in [2.45, 2.75) is 6.54 Å². The molecule has 0 heterocycles. The van der Waals surface area contributed by atoms with E-state index in [-0.39, 0.29) is 11.7 Å². The summed E-state index contributed by atoms with van der Waals surface area (Å²) >= 11 is 0. The van der Waals surface area contributed by atoms with Gasteiger partial charge in [0.2, 0.25) is 0 Å². The molecular formula is C17H18FNO3. The molecular weight excluding hydrogens is 285 g/mol. The van der Waals surface area contributed by atoms with Gasteiger partial charge in [0.1, 0.15) is 17.3 Å². The van der Waals surface area contributed by atoms with Crippen LogP contribution in [-0.2, 0) is 6.54 Å². The molecule has 4 nitrogen and oxygen atoms in total. The standard InChI is InChI=1S/C17H18FNO3/c1-19(11-12-4-6-13(18)7-5-12)17(20)15-10-14(21-2)8-9-16(15)22-3/h4-10H,11H2,1-3H3. The molecule has 0 saturated carbocycles. The molecule has 1 amide bonds. The van der Waals surface area contributed by atoms with Gasteiger partial charge in [0.15, 0.2) is 0 Å². The Morgan fingerprint density at radius 2 is 1.77 bits per heavy atom. The van der Waals surface area contributed by atoms with Crippen LogP contribution in [0.5, 0.6) is 11.5 Å². The topological polar surface area (TPSA) is 38.8 Å². The van der Waals surface area contributed by atoms with Gasteiger partial charge in [-0.05, 0) is 35.9 Å². The molecule has 0 aliphatic carbocycles. The van der Waals surface area contributed by atoms with Crippen LogP contribution < -0.4 is 9.47 Å². The average molecular weight is 303 g/mol. The SMILES string of the molecule is COc1ccc(OC)c(C(=O)N(C)Cc2ccc(F)cc2)c1. The van der Waals surface area contributed by atoms with Crippen LogP contribution in [-0.4, -0.2) is 32.1 Å². The van der Waals surface area contributed by atoms with Gasteiger partial charge in [0.05, 0.1) is 19.8 Å². The van der Waals surface area contributed by atoms with Crippen molar-refractivity contribution in [2.75, 3.05) is 21.3 Å². The highest BCUT2D eigenvalue weighted by molar-refractivity contribution is 5.97. The number of nitrogens with zero attached hydrogens (tertiary/aromatic N) is 1. The maximum atomic E-state index is 12.9. The Hall–Kier alpha value is -2.56. The van der Waals surface area contributed by atoms with E-state index in [2.05, 4.69) is 0 Å². The zero-order chi connectivity index (χ0) is 16.1. The molecule has 2 rings (SSSR count). The lowest BCUT2D eigenvalue weighted by Crippen LogP contribution is -2.26. The monoisotopic (exact) mass is 303 g/mol. The molecule has 0 spiro atoms. The van der Waals surface area contributed by atoms with Gasteiger partial charge in [-0.1, -0.05) is 12.1 Å². The van der Waals surface area contributed by atoms with Crippen LogP contribution >= 0.6 is 0 Å². The molecule has 0 unspecified atom stereocenters. The summed E-state index contributed by atoms with van der Waals surface area (Å²) in [5.74, 6) is 0.573. The van der Waals surface area contributed by atoms with Gasteiger partial charge in [-0.2, -0.15) is 0 Å². The number of rotatable bonds is 5. The quantitative estimate of drug-likeness (QED) is 0.852. The van der Waals surface area contributed by atoms with Crippen LogP contribution in [0.2, 0.25) is 0 Å². The largest absolute Gasteiger partial charge is 0.497 e. The first-order chi connectivity index (χ1) is 10.5. The minimum atomic E-state index is -0.299. The maximum Gasteiger partial charge on any atom is 0.257 e. The van der Waals surface area contributed by atoms with E-state index in [1.54, 1.807) is 42.3 Å². The number of hydrogen-bond donors (Lipinski definition) is 0. The minimum absolute atomic E-state index is 0.194. The lowest BCUT2D eigenvalue weighted by atomic mass is 10.1. The number of benzene rings is 2. The van der Waals surface area contributed by atoms with Gasteiger partial charge < -0.3 is 14.4 Å². The molecule has 5 heteroatoms. The van der Waals surface area contributed by atoms with Crippen LogP contribution in [0, 0.1) is 5.82 Å². The van der Waals surface area contributed by atoms with Crippen LogP contribution in [0.1, 0.15) is 15.9 Å². The highest BCUT2D eigenvalue weighted by atomic mass is 19.1. The van der Waals surface area contributed by atoms with Crippen LogP contribution in [0.15, 0.2) is 42.5 Å². The lowest BCUT2D eigenvalue weighted by Gasteiger charge is -2.19. The molecule has 22 heavy (non-hydrogen) atoms. The van der Waals surface area contributed by atoms with Gasteiger partial charge in [-0.3, -0.25) is 4.79 Å². The number of hydrogen-bond acceptors (Lipinski definition) is 3. The van der Waals surface area contributed by atoms with Crippen LogP contribution in [0.4, 0.5) is 4.39 Å². The summed E-state index contributed by atoms with van der Waals surface area (Å²) in [7, 11) is 4.74. The second-order valence-electron chi connectivity index (χ2n) is 4.85. The van der Waals surface area contributed by atoms with E-state index >= 15 is 0 Å². The van der Waals surface area contributed by atoms with Gasteiger partial charge in [-0.15, -0.1) is 0 Å². The fourth-order valence-electron chi connectivity index (χ4n) is 2.12. The summed E-state index contributed by atoms with van der Waals surface area (Å²) in [5.41, 5.74) is 1.27. The number of amides is 1. The Bertz CT molecular complexity index is 655. The molecule has 0 atom stereocenters. The Labute approximate surface area is 129 Å². The molecule has 0 bridgehead atoms. The first kappa shape index (κ1) is 15.8. The zero-order valence-electron chi connectivity index (χ0n) is 12.8. The average Bonchev–Trinajstić information content (AvgIpc) is 2.55. The third-order valence-electron chi connectivity index (χ3n) is 3.32. The minimum Gasteiger partial charge on any atom is -0.497 e. The lowest BCUT2D eigenvalue weighted by molar-refractivity contribution is 0.0781. The smallest absolute Gasteiger partial charge is 0.257 e. The van der Waals surface area contributed by atoms with Crippen molar-refractivity contribution in [2.24, 2.45) is 0 Å². The molecule has 0 aromatic heterocycles. The Kier molecular flexibility index (Phi) is 4.99. The number of ether oxygens (including phenoxy) is 2. The summed E-state index contributed by atoms with van der Waals surface area (Å²) in [6, 6.07) is 11.1. The molecule has 2 aromatic rings. The molecule has 0 fully saturated rings. The van der Waals surface area contributed by atoms with Gasteiger partial charge in [0, 0.05) is 13.6 Å². The van der Waals surface area contributed by atoms with Crippen molar-refractivity contribution in [3.8, 4) is 11.5 Å². The summed E-state index contributed by atoms with van der Waals surface area (Å²) in [4.78, 5) is 14.1. The second kappa shape index (κ2) is 6.93. The van der Waals surface area contributed by atoms with Crippen LogP contribution in [0.25, 0.3) is 0 Å². The van der Waals surface area contributed by atoms with Crippen molar-refractivity contribution in [3.05, 3.63) is 59.4 Å². The zero-order valence-corrected chi connectivity index (χ0v) is 12.8. The van der Waals surface area contributed by atoms with E-state index in [9.17, 15) is 9.18 Å². The molecule has 0 aliphatic rings. The van der Waals surface area contributed by atoms with Crippen molar-refractivity contribution in [1.82, 2.24) is 4.90 Å². The molecule has 0 N–H and O–H groups in total.